The van der Waals surface area contributed by atoms with Crippen molar-refractivity contribution in [1.82, 2.24) is 10.2 Å². The minimum Gasteiger partial charge on any atom is -0.462 e. The van der Waals surface area contributed by atoms with Crippen molar-refractivity contribution < 1.29 is 23.9 Å². The molecule has 0 saturated heterocycles. The van der Waals surface area contributed by atoms with Gasteiger partial charge in [0.25, 0.3) is 0 Å². The maximum atomic E-state index is 12.3. The fraction of sp³-hybridized carbons (Fsp3) is 0.914. The van der Waals surface area contributed by atoms with E-state index in [-0.39, 0.29) is 18.2 Å². The summed E-state index contributed by atoms with van der Waals surface area (Å²) in [5.41, 5.74) is -0.479. The van der Waals surface area contributed by atoms with Gasteiger partial charge in [-0.2, -0.15) is 0 Å². The van der Waals surface area contributed by atoms with Gasteiger partial charge in [0.1, 0.15) is 18.0 Å². The highest BCUT2D eigenvalue weighted by atomic mass is 16.6. The zero-order valence-corrected chi connectivity index (χ0v) is 28.3. The second-order valence-electron chi connectivity index (χ2n) is 12.9. The van der Waals surface area contributed by atoms with Gasteiger partial charge in [-0.15, -0.1) is 0 Å². The Kier molecular flexibility index (Phi) is 27.1. The predicted octanol–water partition coefficient (Wildman–Crippen LogP) is 9.16. The number of nitrogens with one attached hydrogen (secondary N) is 1. The second-order valence-corrected chi connectivity index (χ2v) is 12.9. The van der Waals surface area contributed by atoms with E-state index in [0.29, 0.717) is 19.4 Å². The number of rotatable bonds is 29. The van der Waals surface area contributed by atoms with Crippen LogP contribution in [-0.2, 0) is 19.1 Å². The number of hydrogen-bond donors (Lipinski definition) is 1. The van der Waals surface area contributed by atoms with Crippen LogP contribution in [0.2, 0.25) is 0 Å². The number of carbonyl (C=O) groups excluding carboxylic acids is 3. The topological polar surface area (TPSA) is 84.9 Å². The Morgan fingerprint density at radius 3 is 1.88 bits per heavy atom. The number of hydrogen-bond acceptors (Lipinski definition) is 6. The molecular formula is C35H68N2O5. The van der Waals surface area contributed by atoms with Crippen molar-refractivity contribution in [2.75, 3.05) is 26.2 Å². The molecule has 0 aromatic rings. The Labute approximate surface area is 259 Å². The third kappa shape index (κ3) is 28.5. The monoisotopic (exact) mass is 597 g/mol. The van der Waals surface area contributed by atoms with Crippen LogP contribution in [0.15, 0.2) is 0 Å². The molecule has 0 spiro atoms. The van der Waals surface area contributed by atoms with E-state index in [4.69, 9.17) is 9.47 Å². The van der Waals surface area contributed by atoms with Crippen LogP contribution < -0.4 is 5.32 Å². The van der Waals surface area contributed by atoms with Gasteiger partial charge in [0.05, 0.1) is 0 Å². The molecule has 0 bridgehead atoms. The minimum absolute atomic E-state index is 0.0230. The van der Waals surface area contributed by atoms with Crippen LogP contribution in [0.3, 0.4) is 0 Å². The fourth-order valence-electron chi connectivity index (χ4n) is 5.11. The Morgan fingerprint density at radius 2 is 1.29 bits per heavy atom. The van der Waals surface area contributed by atoms with Crippen molar-refractivity contribution in [3.05, 3.63) is 0 Å². The molecule has 7 nitrogen and oxygen atoms in total. The van der Waals surface area contributed by atoms with Gasteiger partial charge in [0.2, 0.25) is 0 Å². The molecule has 0 aromatic carbocycles. The summed E-state index contributed by atoms with van der Waals surface area (Å²) in [7, 11) is 0. The third-order valence-corrected chi connectivity index (χ3v) is 7.60. The van der Waals surface area contributed by atoms with Gasteiger partial charge in [-0.3, -0.25) is 4.79 Å². The Hall–Kier alpha value is -1.63. The van der Waals surface area contributed by atoms with Gasteiger partial charge in [-0.25, -0.2) is 4.79 Å². The SMILES string of the molecule is CCCCCCCCC(CC)OC(=O)CCCCCCCN(CCCCCCCC=O)CCCNC(=O)OC(C)(C)C. The molecule has 1 unspecified atom stereocenters. The number of esters is 1. The normalized spacial score (nSPS) is 12.3. The van der Waals surface area contributed by atoms with Gasteiger partial charge in [-0.05, 0) is 91.8 Å². The van der Waals surface area contributed by atoms with Crippen molar-refractivity contribution in [1.29, 1.82) is 0 Å². The maximum Gasteiger partial charge on any atom is 0.407 e. The van der Waals surface area contributed by atoms with Crippen molar-refractivity contribution in [3.8, 4) is 0 Å². The molecule has 248 valence electrons. The predicted molar refractivity (Wildman–Crippen MR) is 175 cm³/mol. The lowest BCUT2D eigenvalue weighted by Crippen LogP contribution is -2.35. The molecule has 1 N–H and O–H groups in total. The van der Waals surface area contributed by atoms with E-state index in [1.807, 2.05) is 20.8 Å². The molecule has 42 heavy (non-hydrogen) atoms. The molecule has 7 heteroatoms. The van der Waals surface area contributed by atoms with Crippen LogP contribution in [-0.4, -0.2) is 61.1 Å². The van der Waals surface area contributed by atoms with Crippen LogP contribution in [0.1, 0.15) is 169 Å². The summed E-state index contributed by atoms with van der Waals surface area (Å²) in [6.07, 6.45) is 23.5. The van der Waals surface area contributed by atoms with E-state index < -0.39 is 5.60 Å². The fourth-order valence-corrected chi connectivity index (χ4v) is 5.11. The zero-order chi connectivity index (χ0) is 31.3. The van der Waals surface area contributed by atoms with Gasteiger partial charge < -0.3 is 24.5 Å². The molecule has 0 heterocycles. The highest BCUT2D eigenvalue weighted by Gasteiger charge is 2.16. The van der Waals surface area contributed by atoms with Gasteiger partial charge in [-0.1, -0.05) is 84.5 Å². The summed E-state index contributed by atoms with van der Waals surface area (Å²) >= 11 is 0. The molecule has 0 fully saturated rings. The van der Waals surface area contributed by atoms with Crippen molar-refractivity contribution >= 4 is 18.3 Å². The third-order valence-electron chi connectivity index (χ3n) is 7.60. The summed E-state index contributed by atoms with van der Waals surface area (Å²) in [4.78, 5) is 37.2. The molecule has 0 aliphatic heterocycles. The van der Waals surface area contributed by atoms with E-state index >= 15 is 0 Å². The number of amides is 1. The molecule has 0 aromatic heterocycles. The summed E-state index contributed by atoms with van der Waals surface area (Å²) in [6.45, 7) is 13.7. The minimum atomic E-state index is -0.479. The van der Waals surface area contributed by atoms with Crippen molar-refractivity contribution in [2.45, 2.75) is 181 Å². The molecule has 0 aliphatic rings. The summed E-state index contributed by atoms with van der Waals surface area (Å²) < 4.78 is 11.1. The average Bonchev–Trinajstić information content (AvgIpc) is 2.94. The average molecular weight is 597 g/mol. The van der Waals surface area contributed by atoms with E-state index in [9.17, 15) is 14.4 Å². The second kappa shape index (κ2) is 28.2. The van der Waals surface area contributed by atoms with Crippen LogP contribution in [0, 0.1) is 0 Å². The summed E-state index contributed by atoms with van der Waals surface area (Å²) in [5, 5.41) is 2.87. The number of unbranched alkanes of at least 4 members (excludes halogenated alkanes) is 14. The van der Waals surface area contributed by atoms with Crippen LogP contribution in [0.25, 0.3) is 0 Å². The Morgan fingerprint density at radius 1 is 0.738 bits per heavy atom. The van der Waals surface area contributed by atoms with Crippen molar-refractivity contribution in [3.63, 3.8) is 0 Å². The highest BCUT2D eigenvalue weighted by Crippen LogP contribution is 2.15. The Balaban J connectivity index is 4.15. The first-order valence-corrected chi connectivity index (χ1v) is 17.5. The van der Waals surface area contributed by atoms with Crippen LogP contribution in [0.4, 0.5) is 4.79 Å². The molecule has 1 atom stereocenters. The summed E-state index contributed by atoms with van der Waals surface area (Å²) in [5.74, 6) is -0.0230. The van der Waals surface area contributed by atoms with Crippen LogP contribution in [0.5, 0.6) is 0 Å². The maximum absolute atomic E-state index is 12.3. The molecule has 0 aliphatic carbocycles. The quantitative estimate of drug-likeness (QED) is 0.0526. The summed E-state index contributed by atoms with van der Waals surface area (Å²) in [6, 6.07) is 0. The molecule has 0 radical (unpaired) electrons. The van der Waals surface area contributed by atoms with Gasteiger partial charge in [0.15, 0.2) is 0 Å². The van der Waals surface area contributed by atoms with Crippen molar-refractivity contribution in [2.24, 2.45) is 0 Å². The first-order chi connectivity index (χ1) is 20.2. The number of alkyl carbamates (subject to hydrolysis) is 1. The largest absolute Gasteiger partial charge is 0.462 e. The first kappa shape index (κ1) is 40.4. The highest BCUT2D eigenvalue weighted by molar-refractivity contribution is 5.69. The number of aldehydes is 1. The number of ether oxygens (including phenoxy) is 2. The van der Waals surface area contributed by atoms with Gasteiger partial charge in [0, 0.05) is 19.4 Å². The lowest BCUT2D eigenvalue weighted by Gasteiger charge is -2.23. The molecule has 0 saturated carbocycles. The number of carbonyl (C=O) groups is 3. The van der Waals surface area contributed by atoms with E-state index in [2.05, 4.69) is 24.1 Å². The van der Waals surface area contributed by atoms with Gasteiger partial charge >= 0.3 is 12.1 Å². The molecule has 0 rings (SSSR count). The first-order valence-electron chi connectivity index (χ1n) is 17.5. The van der Waals surface area contributed by atoms with E-state index in [1.54, 1.807) is 0 Å². The standard InChI is InChI=1S/C35H68N2O5/c1-6-8-9-10-14-19-25-32(7-2)41-33(39)26-20-15-13-17-22-29-37(28-21-16-11-12-18-23-31-38)30-24-27-36-34(40)42-35(3,4)5/h31-32H,6-30H2,1-5H3,(H,36,40). The zero-order valence-electron chi connectivity index (χ0n) is 28.3. The Bertz CT molecular complexity index is 650. The number of nitrogens with zero attached hydrogens (tertiary/aromatic N) is 1. The smallest absolute Gasteiger partial charge is 0.407 e. The van der Waals surface area contributed by atoms with E-state index in [1.165, 1.54) is 57.8 Å². The van der Waals surface area contributed by atoms with E-state index in [0.717, 1.165) is 90.1 Å². The lowest BCUT2D eigenvalue weighted by atomic mass is 10.1. The van der Waals surface area contributed by atoms with Crippen LogP contribution >= 0.6 is 0 Å². The lowest BCUT2D eigenvalue weighted by molar-refractivity contribution is -0.149. The molecule has 1 amide bonds. The molecular weight excluding hydrogens is 528 g/mol.